The van der Waals surface area contributed by atoms with E-state index in [1.54, 1.807) is 37.5 Å². The number of hydrogen-bond donors (Lipinski definition) is 2. The van der Waals surface area contributed by atoms with Crippen LogP contribution in [0.4, 0.5) is 15.8 Å². The number of hydrogen-bond acceptors (Lipinski definition) is 3. The second-order valence-corrected chi connectivity index (χ2v) is 7.97. The highest BCUT2D eigenvalue weighted by molar-refractivity contribution is 6.07. The molecule has 138 valence electrons. The van der Waals surface area contributed by atoms with Gasteiger partial charge in [-0.1, -0.05) is 26.0 Å². The predicted octanol–water partition coefficient (Wildman–Crippen LogP) is 5.42. The van der Waals surface area contributed by atoms with Crippen LogP contribution in [0.5, 0.6) is 0 Å². The number of aromatic nitrogens is 2. The molecular weight excluding hydrogens is 341 g/mol. The lowest BCUT2D eigenvalue weighted by Crippen LogP contribution is -2.26. The summed E-state index contributed by atoms with van der Waals surface area (Å²) in [6.07, 6.45) is 4.65. The Morgan fingerprint density at radius 1 is 1.15 bits per heavy atom. The molecule has 0 atom stereocenters. The third-order valence-electron chi connectivity index (χ3n) is 5.07. The number of aryl methyl sites for hydroxylation is 1. The Labute approximate surface area is 157 Å². The quantitative estimate of drug-likeness (QED) is 0.653. The number of halogens is 1. The number of anilines is 2. The average Bonchev–Trinajstić information content (AvgIpc) is 2.97. The molecule has 4 rings (SSSR count). The molecule has 0 saturated carbocycles. The van der Waals surface area contributed by atoms with E-state index < -0.39 is 0 Å². The van der Waals surface area contributed by atoms with Crippen LogP contribution in [0.2, 0.25) is 0 Å². The van der Waals surface area contributed by atoms with Gasteiger partial charge in [0.25, 0.3) is 0 Å². The normalized spacial score (nSPS) is 15.5. The van der Waals surface area contributed by atoms with E-state index in [0.717, 1.165) is 23.4 Å². The Morgan fingerprint density at radius 3 is 2.63 bits per heavy atom. The van der Waals surface area contributed by atoms with Crippen LogP contribution < -0.4 is 5.32 Å². The zero-order valence-electron chi connectivity index (χ0n) is 15.7. The number of carbonyl (C=O) groups is 1. The summed E-state index contributed by atoms with van der Waals surface area (Å²) in [6.45, 7) is 5.91. The molecule has 0 unspecified atom stereocenters. The van der Waals surface area contributed by atoms with Crippen molar-refractivity contribution in [2.75, 3.05) is 5.32 Å². The van der Waals surface area contributed by atoms with Gasteiger partial charge in [-0.05, 0) is 42.5 Å². The van der Waals surface area contributed by atoms with Crippen LogP contribution >= 0.6 is 0 Å². The Bertz CT molecular complexity index is 1020. The fourth-order valence-corrected chi connectivity index (χ4v) is 3.79. The summed E-state index contributed by atoms with van der Waals surface area (Å²) in [6, 6.07) is 8.98. The van der Waals surface area contributed by atoms with Gasteiger partial charge < -0.3 is 10.3 Å². The highest BCUT2D eigenvalue weighted by Gasteiger charge is 2.35. The maximum atomic E-state index is 14.6. The Hall–Kier alpha value is -2.95. The van der Waals surface area contributed by atoms with Gasteiger partial charge in [-0.15, -0.1) is 0 Å². The van der Waals surface area contributed by atoms with Crippen LogP contribution in [0.1, 0.15) is 41.9 Å². The van der Waals surface area contributed by atoms with Gasteiger partial charge in [0.1, 0.15) is 5.82 Å². The number of nitrogens with zero attached hydrogens (tertiary/aromatic N) is 1. The lowest BCUT2D eigenvalue weighted by Gasteiger charge is -2.28. The van der Waals surface area contributed by atoms with E-state index >= 15 is 0 Å². The number of ketones is 1. The molecule has 2 heterocycles. The van der Waals surface area contributed by atoms with Crippen LogP contribution in [0.25, 0.3) is 11.3 Å². The van der Waals surface area contributed by atoms with Crippen molar-refractivity contribution in [3.63, 3.8) is 0 Å². The first-order chi connectivity index (χ1) is 12.9. The minimum atomic E-state index is -0.309. The molecule has 2 N–H and O–H groups in total. The third kappa shape index (κ3) is 3.14. The molecule has 0 aliphatic heterocycles. The van der Waals surface area contributed by atoms with Crippen molar-refractivity contribution < 1.29 is 9.18 Å². The SMILES string of the molecule is Cc1cccc(Nc2c(-c3ccncc3)[nH]c3c2C(=O)CC(C)(C)C3)c1F. The molecule has 0 bridgehead atoms. The van der Waals surface area contributed by atoms with E-state index in [0.29, 0.717) is 28.9 Å². The van der Waals surface area contributed by atoms with Crippen molar-refractivity contribution in [1.29, 1.82) is 0 Å². The summed E-state index contributed by atoms with van der Waals surface area (Å²) in [5.41, 5.74) is 4.69. The zero-order valence-corrected chi connectivity index (χ0v) is 15.7. The van der Waals surface area contributed by atoms with Crippen LogP contribution in [0.3, 0.4) is 0 Å². The maximum absolute atomic E-state index is 14.6. The van der Waals surface area contributed by atoms with Gasteiger partial charge in [0.15, 0.2) is 5.78 Å². The van der Waals surface area contributed by atoms with Gasteiger partial charge in [0.05, 0.1) is 22.6 Å². The summed E-state index contributed by atoms with van der Waals surface area (Å²) in [7, 11) is 0. The van der Waals surface area contributed by atoms with Crippen molar-refractivity contribution in [1.82, 2.24) is 9.97 Å². The van der Waals surface area contributed by atoms with Crippen molar-refractivity contribution in [2.24, 2.45) is 5.41 Å². The largest absolute Gasteiger partial charge is 0.356 e. The molecule has 1 aliphatic carbocycles. The van der Waals surface area contributed by atoms with Crippen molar-refractivity contribution in [3.05, 3.63) is 65.4 Å². The fourth-order valence-electron chi connectivity index (χ4n) is 3.79. The topological polar surface area (TPSA) is 57.8 Å². The second kappa shape index (κ2) is 6.34. The predicted molar refractivity (Wildman–Crippen MR) is 105 cm³/mol. The molecule has 0 radical (unpaired) electrons. The lowest BCUT2D eigenvalue weighted by atomic mass is 9.76. The number of carbonyl (C=O) groups excluding carboxylic acids is 1. The number of Topliss-reactive ketones (excluding diaryl/α,β-unsaturated/α-hetero) is 1. The fraction of sp³-hybridized carbons (Fsp3) is 0.273. The minimum absolute atomic E-state index is 0.0772. The lowest BCUT2D eigenvalue weighted by molar-refractivity contribution is 0.0912. The van der Waals surface area contributed by atoms with Crippen LogP contribution in [0.15, 0.2) is 42.7 Å². The maximum Gasteiger partial charge on any atom is 0.167 e. The van der Waals surface area contributed by atoms with Gasteiger partial charge in [-0.3, -0.25) is 9.78 Å². The average molecular weight is 363 g/mol. The van der Waals surface area contributed by atoms with Gasteiger partial charge >= 0.3 is 0 Å². The number of nitrogens with one attached hydrogen (secondary N) is 2. The second-order valence-electron chi connectivity index (χ2n) is 7.97. The first-order valence-corrected chi connectivity index (χ1v) is 9.06. The van der Waals surface area contributed by atoms with Gasteiger partial charge in [0.2, 0.25) is 0 Å². The first-order valence-electron chi connectivity index (χ1n) is 9.06. The Kier molecular flexibility index (Phi) is 4.10. The highest BCUT2D eigenvalue weighted by atomic mass is 19.1. The van der Waals surface area contributed by atoms with Crippen molar-refractivity contribution >= 4 is 17.2 Å². The molecule has 0 spiro atoms. The van der Waals surface area contributed by atoms with E-state index in [-0.39, 0.29) is 17.0 Å². The first kappa shape index (κ1) is 17.5. The van der Waals surface area contributed by atoms with Crippen LogP contribution in [0, 0.1) is 18.2 Å². The highest BCUT2D eigenvalue weighted by Crippen LogP contribution is 2.43. The van der Waals surface area contributed by atoms with Crippen LogP contribution in [-0.4, -0.2) is 15.8 Å². The standard InChI is InChI=1S/C22H22FN3O/c1-13-5-4-6-15(19(13)23)25-21-18-16(11-22(2,3)12-17(18)27)26-20(21)14-7-9-24-10-8-14/h4-10,25-26H,11-12H2,1-3H3. The zero-order chi connectivity index (χ0) is 19.2. The molecule has 5 heteroatoms. The summed E-state index contributed by atoms with van der Waals surface area (Å²) in [5.74, 6) is -0.231. The monoisotopic (exact) mass is 363 g/mol. The van der Waals surface area contributed by atoms with Gasteiger partial charge in [-0.25, -0.2) is 4.39 Å². The van der Waals surface area contributed by atoms with Crippen molar-refractivity contribution in [3.8, 4) is 11.3 Å². The van der Waals surface area contributed by atoms with E-state index in [9.17, 15) is 9.18 Å². The summed E-state index contributed by atoms with van der Waals surface area (Å²) in [5, 5.41) is 3.20. The van der Waals surface area contributed by atoms with Gasteiger partial charge in [-0.2, -0.15) is 0 Å². The number of benzene rings is 1. The van der Waals surface area contributed by atoms with E-state index in [1.807, 2.05) is 12.1 Å². The summed E-state index contributed by atoms with van der Waals surface area (Å²) >= 11 is 0. The third-order valence-corrected chi connectivity index (χ3v) is 5.07. The molecule has 1 aromatic carbocycles. The summed E-state index contributed by atoms with van der Waals surface area (Å²) in [4.78, 5) is 20.4. The minimum Gasteiger partial charge on any atom is -0.356 e. The molecule has 27 heavy (non-hydrogen) atoms. The molecular formula is C22H22FN3O. The molecule has 0 amide bonds. The molecule has 2 aromatic heterocycles. The summed E-state index contributed by atoms with van der Waals surface area (Å²) < 4.78 is 14.6. The molecule has 3 aromatic rings. The Balaban J connectivity index is 1.90. The molecule has 1 aliphatic rings. The number of rotatable bonds is 3. The molecule has 0 fully saturated rings. The number of aromatic amines is 1. The van der Waals surface area contributed by atoms with Gasteiger partial charge in [0, 0.05) is 30.1 Å². The van der Waals surface area contributed by atoms with Crippen molar-refractivity contribution in [2.45, 2.75) is 33.6 Å². The number of fused-ring (bicyclic) bond motifs is 1. The number of H-pyrrole nitrogens is 1. The molecule has 4 nitrogen and oxygen atoms in total. The van der Waals surface area contributed by atoms with E-state index in [4.69, 9.17) is 0 Å². The van der Waals surface area contributed by atoms with Crippen LogP contribution in [-0.2, 0) is 6.42 Å². The smallest absolute Gasteiger partial charge is 0.167 e. The van der Waals surface area contributed by atoms with E-state index in [2.05, 4.69) is 29.1 Å². The number of pyridine rings is 1. The molecule has 0 saturated heterocycles. The Morgan fingerprint density at radius 2 is 1.89 bits per heavy atom. The van der Waals surface area contributed by atoms with E-state index in [1.165, 1.54) is 0 Å².